The van der Waals surface area contributed by atoms with Crippen LogP contribution in [0.3, 0.4) is 0 Å². The Morgan fingerprint density at radius 1 is 1.18 bits per heavy atom. The molecule has 1 aromatic carbocycles. The van der Waals surface area contributed by atoms with Crippen LogP contribution in [0, 0.1) is 0 Å². The molecule has 0 aliphatic rings. The first-order valence-electron chi connectivity index (χ1n) is 9.41. The van der Waals surface area contributed by atoms with Crippen LogP contribution in [0.1, 0.15) is 24.3 Å². The third-order valence-corrected chi connectivity index (χ3v) is 5.61. The first kappa shape index (κ1) is 24.9. The predicted molar refractivity (Wildman–Crippen MR) is 131 cm³/mol. The van der Waals surface area contributed by atoms with Gasteiger partial charge in [-0.2, -0.15) is 0 Å². The van der Waals surface area contributed by atoms with E-state index in [0.717, 1.165) is 30.3 Å². The van der Waals surface area contributed by atoms with Crippen LogP contribution in [0.25, 0.3) is 0 Å². The summed E-state index contributed by atoms with van der Waals surface area (Å²) in [5.41, 5.74) is 0.363. The van der Waals surface area contributed by atoms with Crippen LogP contribution in [-0.4, -0.2) is 55.7 Å². The van der Waals surface area contributed by atoms with E-state index in [1.165, 1.54) is 5.56 Å². The summed E-state index contributed by atoms with van der Waals surface area (Å²) in [7, 11) is 4.20. The Hall–Kier alpha value is -1.16. The van der Waals surface area contributed by atoms with Crippen molar-refractivity contribution in [2.45, 2.75) is 31.9 Å². The summed E-state index contributed by atoms with van der Waals surface area (Å²) < 4.78 is 0. The number of likely N-dealkylation sites (N-methyl/N-ethyl adjacent to an activating group) is 1. The first-order valence-corrected chi connectivity index (χ1v) is 10.3. The Balaban J connectivity index is 0.00000392. The summed E-state index contributed by atoms with van der Waals surface area (Å²) in [4.78, 5) is 7.77. The molecule has 0 aliphatic carbocycles. The molecule has 28 heavy (non-hydrogen) atoms. The van der Waals surface area contributed by atoms with Crippen molar-refractivity contribution in [3.8, 4) is 0 Å². The number of aliphatic hydroxyl groups is 1. The molecule has 0 spiro atoms. The van der Waals surface area contributed by atoms with Crippen LogP contribution in [0.2, 0.25) is 0 Å². The van der Waals surface area contributed by atoms with Gasteiger partial charge in [0.05, 0.1) is 6.54 Å². The van der Waals surface area contributed by atoms with Crippen LogP contribution < -0.4 is 10.6 Å². The second-order valence-electron chi connectivity index (χ2n) is 7.13. The number of nitrogens with one attached hydrogen (secondary N) is 2. The third-order valence-electron chi connectivity index (χ3n) is 4.49. The number of hydrogen-bond acceptors (Lipinski definition) is 4. The summed E-state index contributed by atoms with van der Waals surface area (Å²) >= 11 is 1.55. The standard InChI is InChI=1S/C21H32N4OS.HI/c1-5-22-20(24-16-21(2,26)19-12-9-13-27-19)23-15-18(25(3)4)14-17-10-7-6-8-11-17;/h6-13,18,26H,5,14-16H2,1-4H3,(H2,22,23,24);1H. The summed E-state index contributed by atoms with van der Waals surface area (Å²) in [5, 5.41) is 19.4. The highest BCUT2D eigenvalue weighted by molar-refractivity contribution is 14.0. The SMILES string of the molecule is CCNC(=NCC(C)(O)c1cccs1)NCC(Cc1ccccc1)N(C)C.I. The molecule has 156 valence electrons. The molecule has 5 nitrogen and oxygen atoms in total. The molecule has 0 radical (unpaired) electrons. The van der Waals surface area contributed by atoms with Gasteiger partial charge in [0.15, 0.2) is 5.96 Å². The van der Waals surface area contributed by atoms with Crippen LogP contribution in [0.15, 0.2) is 52.8 Å². The normalized spacial score (nSPS) is 14.9. The van der Waals surface area contributed by atoms with E-state index in [9.17, 15) is 5.11 Å². The van der Waals surface area contributed by atoms with Gasteiger partial charge in [-0.15, -0.1) is 35.3 Å². The molecule has 1 aromatic heterocycles. The minimum atomic E-state index is -0.957. The lowest BCUT2D eigenvalue weighted by atomic mass is 10.1. The molecular formula is C21H33IN4OS. The molecule has 2 atom stereocenters. The fourth-order valence-electron chi connectivity index (χ4n) is 2.78. The number of benzene rings is 1. The van der Waals surface area contributed by atoms with Crippen molar-refractivity contribution in [3.05, 3.63) is 58.3 Å². The van der Waals surface area contributed by atoms with Crippen LogP contribution >= 0.6 is 35.3 Å². The van der Waals surface area contributed by atoms with Crippen molar-refractivity contribution < 1.29 is 5.11 Å². The molecule has 1 heterocycles. The minimum Gasteiger partial charge on any atom is -0.383 e. The van der Waals surface area contributed by atoms with Gasteiger partial charge >= 0.3 is 0 Å². The molecule has 0 bridgehead atoms. The number of nitrogens with zero attached hydrogens (tertiary/aromatic N) is 2. The van der Waals surface area contributed by atoms with E-state index in [0.29, 0.717) is 12.6 Å². The van der Waals surface area contributed by atoms with Crippen LogP contribution in [-0.2, 0) is 12.0 Å². The summed E-state index contributed by atoms with van der Waals surface area (Å²) in [6, 6.07) is 14.8. The lowest BCUT2D eigenvalue weighted by Crippen LogP contribution is -2.46. The quantitative estimate of drug-likeness (QED) is 0.272. The van der Waals surface area contributed by atoms with E-state index in [-0.39, 0.29) is 24.0 Å². The first-order chi connectivity index (χ1) is 12.9. The molecule has 7 heteroatoms. The molecule has 0 amide bonds. The maximum Gasteiger partial charge on any atom is 0.191 e. The number of rotatable bonds is 9. The van der Waals surface area contributed by atoms with Gasteiger partial charge in [-0.3, -0.25) is 0 Å². The van der Waals surface area contributed by atoms with Crippen LogP contribution in [0.5, 0.6) is 0 Å². The number of guanidine groups is 1. The molecule has 0 saturated carbocycles. The zero-order valence-corrected chi connectivity index (χ0v) is 20.3. The van der Waals surface area contributed by atoms with Gasteiger partial charge in [0, 0.05) is 24.0 Å². The number of halogens is 1. The van der Waals surface area contributed by atoms with E-state index >= 15 is 0 Å². The molecular weight excluding hydrogens is 483 g/mol. The van der Waals surface area contributed by atoms with E-state index < -0.39 is 5.60 Å². The zero-order chi connectivity index (χ0) is 19.7. The van der Waals surface area contributed by atoms with E-state index in [2.05, 4.69) is 58.9 Å². The lowest BCUT2D eigenvalue weighted by molar-refractivity contribution is 0.0711. The zero-order valence-electron chi connectivity index (χ0n) is 17.2. The average Bonchev–Trinajstić information content (AvgIpc) is 3.19. The molecule has 2 unspecified atom stereocenters. The Bertz CT molecular complexity index is 690. The Labute approximate surface area is 190 Å². The van der Waals surface area contributed by atoms with Crippen molar-refractivity contribution in [2.24, 2.45) is 4.99 Å². The second-order valence-corrected chi connectivity index (χ2v) is 8.08. The van der Waals surface area contributed by atoms with Crippen LogP contribution in [0.4, 0.5) is 0 Å². The topological polar surface area (TPSA) is 59.9 Å². The van der Waals surface area contributed by atoms with E-state index in [1.807, 2.05) is 37.4 Å². The Morgan fingerprint density at radius 3 is 2.46 bits per heavy atom. The van der Waals surface area contributed by atoms with E-state index in [4.69, 9.17) is 0 Å². The van der Waals surface area contributed by atoms with Gasteiger partial charge in [0.25, 0.3) is 0 Å². The van der Waals surface area contributed by atoms with Gasteiger partial charge in [-0.1, -0.05) is 36.4 Å². The summed E-state index contributed by atoms with van der Waals surface area (Å²) in [6.45, 7) is 5.72. The Kier molecular flexibility index (Phi) is 11.0. The maximum atomic E-state index is 10.7. The van der Waals surface area contributed by atoms with Crippen molar-refractivity contribution in [1.82, 2.24) is 15.5 Å². The number of hydrogen-bond donors (Lipinski definition) is 3. The molecule has 3 N–H and O–H groups in total. The fraction of sp³-hybridized carbons (Fsp3) is 0.476. The molecule has 0 fully saturated rings. The number of aliphatic imine (C=N–C) groups is 1. The molecule has 0 saturated heterocycles. The van der Waals surface area contributed by atoms with Crippen molar-refractivity contribution >= 4 is 41.3 Å². The van der Waals surface area contributed by atoms with Gasteiger partial charge in [-0.05, 0) is 51.4 Å². The molecule has 2 aromatic rings. The second kappa shape index (κ2) is 12.4. The highest BCUT2D eigenvalue weighted by Crippen LogP contribution is 2.25. The smallest absolute Gasteiger partial charge is 0.191 e. The highest BCUT2D eigenvalue weighted by atomic mass is 127. The van der Waals surface area contributed by atoms with Gasteiger partial charge in [0.1, 0.15) is 5.60 Å². The average molecular weight is 516 g/mol. The third kappa shape index (κ3) is 8.06. The lowest BCUT2D eigenvalue weighted by Gasteiger charge is -2.26. The molecule has 0 aliphatic heterocycles. The predicted octanol–water partition coefficient (Wildman–Crippen LogP) is 3.30. The monoisotopic (exact) mass is 516 g/mol. The number of thiophene rings is 1. The summed E-state index contributed by atoms with van der Waals surface area (Å²) in [5.74, 6) is 0.731. The minimum absolute atomic E-state index is 0. The highest BCUT2D eigenvalue weighted by Gasteiger charge is 2.24. The summed E-state index contributed by atoms with van der Waals surface area (Å²) in [6.07, 6.45) is 0.965. The van der Waals surface area contributed by atoms with Gasteiger partial charge in [0.2, 0.25) is 0 Å². The largest absolute Gasteiger partial charge is 0.383 e. The molecule has 2 rings (SSSR count). The maximum absolute atomic E-state index is 10.7. The van der Waals surface area contributed by atoms with Crippen molar-refractivity contribution in [3.63, 3.8) is 0 Å². The van der Waals surface area contributed by atoms with Crippen molar-refractivity contribution in [1.29, 1.82) is 0 Å². The Morgan fingerprint density at radius 2 is 1.89 bits per heavy atom. The fourth-order valence-corrected chi connectivity index (χ4v) is 3.55. The van der Waals surface area contributed by atoms with E-state index in [1.54, 1.807) is 11.3 Å². The van der Waals surface area contributed by atoms with Crippen molar-refractivity contribution in [2.75, 3.05) is 33.7 Å². The van der Waals surface area contributed by atoms with Gasteiger partial charge < -0.3 is 20.6 Å². The van der Waals surface area contributed by atoms with Gasteiger partial charge in [-0.25, -0.2) is 4.99 Å².